The summed E-state index contributed by atoms with van der Waals surface area (Å²) in [6.45, 7) is 1.53. The maximum Gasteiger partial charge on any atom is 0.261 e. The number of rotatable bonds is 9. The lowest BCUT2D eigenvalue weighted by molar-refractivity contribution is -0.128. The van der Waals surface area contributed by atoms with Crippen molar-refractivity contribution >= 4 is 29.5 Å². The number of benzene rings is 1. The van der Waals surface area contributed by atoms with Crippen LogP contribution in [0.1, 0.15) is 52.2 Å². The second-order valence-corrected chi connectivity index (χ2v) is 9.27. The number of carbonyl (C=O) groups excluding carboxylic acids is 3. The Hall–Kier alpha value is -3.53. The van der Waals surface area contributed by atoms with Crippen LogP contribution >= 0.6 is 11.8 Å². The van der Waals surface area contributed by atoms with Crippen LogP contribution in [0.3, 0.4) is 0 Å². The van der Waals surface area contributed by atoms with E-state index in [-0.39, 0.29) is 17.7 Å². The quantitative estimate of drug-likeness (QED) is 0.266. The van der Waals surface area contributed by atoms with E-state index in [9.17, 15) is 14.4 Å². The molecule has 34 heavy (non-hydrogen) atoms. The highest BCUT2D eigenvalue weighted by Crippen LogP contribution is 2.25. The number of imide groups is 1. The average Bonchev–Trinajstić information content (AvgIpc) is 3.52. The van der Waals surface area contributed by atoms with E-state index in [1.165, 1.54) is 4.90 Å². The Bertz CT molecular complexity index is 1190. The van der Waals surface area contributed by atoms with Crippen molar-refractivity contribution in [1.29, 1.82) is 0 Å². The van der Waals surface area contributed by atoms with E-state index in [0.717, 1.165) is 25.1 Å². The molecule has 0 N–H and O–H groups in total. The van der Waals surface area contributed by atoms with Gasteiger partial charge in [-0.3, -0.25) is 23.9 Å². The van der Waals surface area contributed by atoms with Gasteiger partial charge in [0.1, 0.15) is 5.82 Å². The third-order valence-electron chi connectivity index (χ3n) is 5.97. The summed E-state index contributed by atoms with van der Waals surface area (Å²) >= 11 is 1.55. The van der Waals surface area contributed by atoms with Gasteiger partial charge in [0.25, 0.3) is 11.8 Å². The van der Waals surface area contributed by atoms with Gasteiger partial charge in [-0.25, -0.2) is 4.98 Å². The molecule has 4 heterocycles. The summed E-state index contributed by atoms with van der Waals surface area (Å²) in [5.41, 5.74) is 0.962. The van der Waals surface area contributed by atoms with Gasteiger partial charge >= 0.3 is 0 Å². The summed E-state index contributed by atoms with van der Waals surface area (Å²) in [6, 6.07) is 12.6. The third kappa shape index (κ3) is 4.33. The lowest BCUT2D eigenvalue weighted by Gasteiger charge is -2.16. The summed E-state index contributed by atoms with van der Waals surface area (Å²) in [7, 11) is 0. The van der Waals surface area contributed by atoms with Crippen LogP contribution in [0.4, 0.5) is 0 Å². The number of amides is 3. The fourth-order valence-electron chi connectivity index (χ4n) is 4.23. The first-order valence-corrected chi connectivity index (χ1v) is 12.3. The highest BCUT2D eigenvalue weighted by atomic mass is 32.2. The molecule has 174 valence electrons. The number of fused-ring (bicyclic) bond motifs is 1. The predicted molar refractivity (Wildman–Crippen MR) is 126 cm³/mol. The van der Waals surface area contributed by atoms with Crippen LogP contribution in [-0.2, 0) is 11.3 Å². The number of thioether (sulfide) groups is 1. The molecular weight excluding hydrogens is 452 g/mol. The van der Waals surface area contributed by atoms with Crippen LogP contribution in [0.5, 0.6) is 0 Å². The molecule has 10 heteroatoms. The van der Waals surface area contributed by atoms with Crippen LogP contribution in [0.15, 0.2) is 53.8 Å². The van der Waals surface area contributed by atoms with Crippen LogP contribution in [0.25, 0.3) is 5.82 Å². The summed E-state index contributed by atoms with van der Waals surface area (Å²) in [6.07, 6.45) is 4.66. The maximum absolute atomic E-state index is 12.5. The molecule has 0 unspecified atom stereocenters. The highest BCUT2D eigenvalue weighted by Gasteiger charge is 2.34. The van der Waals surface area contributed by atoms with Crippen LogP contribution in [0.2, 0.25) is 0 Å². The maximum atomic E-state index is 12.5. The first kappa shape index (κ1) is 22.3. The van der Waals surface area contributed by atoms with Crippen molar-refractivity contribution < 1.29 is 14.4 Å². The van der Waals surface area contributed by atoms with Gasteiger partial charge in [-0.2, -0.15) is 0 Å². The van der Waals surface area contributed by atoms with Crippen molar-refractivity contribution in [3.05, 3.63) is 65.6 Å². The van der Waals surface area contributed by atoms with Crippen molar-refractivity contribution in [2.45, 2.75) is 37.4 Å². The van der Waals surface area contributed by atoms with E-state index in [2.05, 4.69) is 15.2 Å². The molecule has 1 fully saturated rings. The van der Waals surface area contributed by atoms with Gasteiger partial charge in [0.2, 0.25) is 5.91 Å². The highest BCUT2D eigenvalue weighted by molar-refractivity contribution is 7.99. The van der Waals surface area contributed by atoms with Crippen LogP contribution in [0, 0.1) is 0 Å². The molecule has 0 bridgehead atoms. The summed E-state index contributed by atoms with van der Waals surface area (Å²) in [4.78, 5) is 44.7. The second-order valence-electron chi connectivity index (χ2n) is 8.20. The number of unbranched alkanes of at least 4 members (excludes halogenated alkanes) is 1. The molecule has 1 saturated heterocycles. The van der Waals surface area contributed by atoms with E-state index in [1.807, 2.05) is 22.8 Å². The molecule has 0 saturated carbocycles. The minimum absolute atomic E-state index is 0.137. The summed E-state index contributed by atoms with van der Waals surface area (Å²) < 4.78 is 1.90. The van der Waals surface area contributed by atoms with Gasteiger partial charge in [-0.05, 0) is 43.5 Å². The number of carbonyl (C=O) groups is 3. The predicted octanol–water partition coefficient (Wildman–Crippen LogP) is 2.95. The molecule has 5 rings (SSSR count). The molecule has 0 spiro atoms. The van der Waals surface area contributed by atoms with Gasteiger partial charge < -0.3 is 4.90 Å². The Morgan fingerprint density at radius 1 is 0.912 bits per heavy atom. The van der Waals surface area contributed by atoms with Crippen molar-refractivity contribution in [2.75, 3.05) is 18.8 Å². The third-order valence-corrected chi connectivity index (χ3v) is 6.98. The first-order valence-electron chi connectivity index (χ1n) is 11.3. The Morgan fingerprint density at radius 3 is 2.35 bits per heavy atom. The fraction of sp³-hybridized carbons (Fsp3) is 0.333. The van der Waals surface area contributed by atoms with E-state index in [1.54, 1.807) is 47.1 Å². The normalized spacial score (nSPS) is 15.5. The molecule has 9 nitrogen and oxygen atoms in total. The van der Waals surface area contributed by atoms with Gasteiger partial charge in [-0.15, -0.1) is 10.2 Å². The Kier molecular flexibility index (Phi) is 6.39. The van der Waals surface area contributed by atoms with Crippen LogP contribution < -0.4 is 0 Å². The Labute approximate surface area is 201 Å². The SMILES string of the molecule is O=C1CCCN1Cc1nnc(SCCCCN2C(=O)c3ccccc3C2=O)n1-c1ccccn1. The number of hydrogen-bond donors (Lipinski definition) is 0. The zero-order valence-electron chi connectivity index (χ0n) is 18.6. The molecule has 1 aromatic carbocycles. The van der Waals surface area contributed by atoms with E-state index in [0.29, 0.717) is 53.9 Å². The lowest BCUT2D eigenvalue weighted by Crippen LogP contribution is -2.30. The Morgan fingerprint density at radius 2 is 1.68 bits per heavy atom. The average molecular weight is 477 g/mol. The van der Waals surface area contributed by atoms with Crippen molar-refractivity contribution in [2.24, 2.45) is 0 Å². The first-order chi connectivity index (χ1) is 16.6. The molecule has 0 aliphatic carbocycles. The van der Waals surface area contributed by atoms with Crippen molar-refractivity contribution in [3.63, 3.8) is 0 Å². The minimum atomic E-state index is -0.218. The smallest absolute Gasteiger partial charge is 0.261 e. The zero-order valence-corrected chi connectivity index (χ0v) is 19.4. The summed E-state index contributed by atoms with van der Waals surface area (Å²) in [5, 5.41) is 9.43. The molecule has 2 aliphatic rings. The van der Waals surface area contributed by atoms with E-state index >= 15 is 0 Å². The zero-order chi connectivity index (χ0) is 23.5. The molecule has 0 radical (unpaired) electrons. The molecule has 0 atom stereocenters. The van der Waals surface area contributed by atoms with Gasteiger partial charge in [0.05, 0.1) is 17.7 Å². The number of likely N-dealkylation sites (tertiary alicyclic amines) is 1. The van der Waals surface area contributed by atoms with Crippen molar-refractivity contribution in [1.82, 2.24) is 29.5 Å². The molecule has 2 aromatic heterocycles. The van der Waals surface area contributed by atoms with Gasteiger partial charge in [0.15, 0.2) is 11.0 Å². The molecule has 3 amide bonds. The van der Waals surface area contributed by atoms with Crippen molar-refractivity contribution in [3.8, 4) is 5.82 Å². The summed E-state index contributed by atoms with van der Waals surface area (Å²) in [5.74, 6) is 1.84. The number of aromatic nitrogens is 4. The Balaban J connectivity index is 1.21. The van der Waals surface area contributed by atoms with Gasteiger partial charge in [-0.1, -0.05) is 30.0 Å². The second kappa shape index (κ2) is 9.76. The molecular formula is C24H24N6O3S. The topological polar surface area (TPSA) is 101 Å². The number of nitrogens with zero attached hydrogens (tertiary/aromatic N) is 6. The van der Waals surface area contributed by atoms with E-state index < -0.39 is 0 Å². The minimum Gasteiger partial charge on any atom is -0.335 e. The fourth-order valence-corrected chi connectivity index (χ4v) is 5.19. The lowest BCUT2D eigenvalue weighted by atomic mass is 10.1. The molecule has 2 aliphatic heterocycles. The number of hydrogen-bond acceptors (Lipinski definition) is 7. The molecule has 3 aromatic rings. The van der Waals surface area contributed by atoms with E-state index in [4.69, 9.17) is 0 Å². The number of pyridine rings is 1. The standard InChI is InChI=1S/C24H24N6O3S/c31-21-11-7-13-28(21)16-20-26-27-24(30(20)19-10-3-4-12-25-19)34-15-6-5-14-29-22(32)17-8-1-2-9-18(17)23(29)33/h1-4,8-10,12H,5-7,11,13-16H2. The van der Waals surface area contributed by atoms with Crippen LogP contribution in [-0.4, -0.2) is 66.1 Å². The largest absolute Gasteiger partial charge is 0.335 e. The van der Waals surface area contributed by atoms with Gasteiger partial charge in [0, 0.05) is 31.5 Å². The monoisotopic (exact) mass is 476 g/mol.